The number of ether oxygens (including phenoxy) is 1. The first-order valence-corrected chi connectivity index (χ1v) is 5.51. The van der Waals surface area contributed by atoms with Gasteiger partial charge in [-0.15, -0.1) is 0 Å². The summed E-state index contributed by atoms with van der Waals surface area (Å²) >= 11 is 0. The Hall–Kier alpha value is -0.300. The smallest absolute Gasteiger partial charge is 0.0683 e. The maximum atomic E-state index is 5.75. The van der Waals surface area contributed by atoms with E-state index in [4.69, 9.17) is 4.74 Å². The van der Waals surface area contributed by atoms with Gasteiger partial charge in [0, 0.05) is 0 Å². The summed E-state index contributed by atoms with van der Waals surface area (Å²) < 4.78 is 5.75. The monoisotopic (exact) mass is 182 g/mol. The molecular formula is C12H22O. The summed E-state index contributed by atoms with van der Waals surface area (Å²) in [4.78, 5) is 0. The van der Waals surface area contributed by atoms with Gasteiger partial charge in [0.15, 0.2) is 0 Å². The van der Waals surface area contributed by atoms with Crippen molar-refractivity contribution < 1.29 is 4.74 Å². The number of hydrogen-bond acceptors (Lipinski definition) is 1. The molecule has 0 N–H and O–H groups in total. The molecule has 13 heavy (non-hydrogen) atoms. The van der Waals surface area contributed by atoms with Crippen molar-refractivity contribution in [2.75, 3.05) is 6.61 Å². The lowest BCUT2D eigenvalue weighted by molar-refractivity contribution is 0.0516. The Morgan fingerprint density at radius 2 is 2.08 bits per heavy atom. The normalized spacial score (nSPS) is 24.2. The summed E-state index contributed by atoms with van der Waals surface area (Å²) in [5, 5.41) is 0. The van der Waals surface area contributed by atoms with E-state index in [0.29, 0.717) is 12.0 Å². The molecule has 1 nitrogen and oxygen atoms in total. The third-order valence-electron chi connectivity index (χ3n) is 2.97. The maximum absolute atomic E-state index is 5.75. The van der Waals surface area contributed by atoms with Crippen LogP contribution >= 0.6 is 0 Å². The van der Waals surface area contributed by atoms with Crippen LogP contribution in [0.25, 0.3) is 0 Å². The van der Waals surface area contributed by atoms with Crippen LogP contribution in [-0.2, 0) is 4.74 Å². The molecule has 1 atom stereocenters. The van der Waals surface area contributed by atoms with Crippen LogP contribution in [0.3, 0.4) is 0 Å². The van der Waals surface area contributed by atoms with E-state index in [2.05, 4.69) is 27.7 Å². The SMILES string of the molecule is CCC1=C(C(C)C)CC(CC)OC1. The van der Waals surface area contributed by atoms with Crippen molar-refractivity contribution in [3.63, 3.8) is 0 Å². The summed E-state index contributed by atoms with van der Waals surface area (Å²) in [6.45, 7) is 9.90. The molecule has 1 aliphatic heterocycles. The van der Waals surface area contributed by atoms with Crippen molar-refractivity contribution in [2.45, 2.75) is 53.1 Å². The second-order valence-electron chi connectivity index (χ2n) is 4.18. The fraction of sp³-hybridized carbons (Fsp3) is 0.833. The van der Waals surface area contributed by atoms with E-state index >= 15 is 0 Å². The van der Waals surface area contributed by atoms with E-state index in [1.165, 1.54) is 0 Å². The van der Waals surface area contributed by atoms with Crippen LogP contribution in [0.5, 0.6) is 0 Å². The predicted molar refractivity (Wildman–Crippen MR) is 56.8 cm³/mol. The molecule has 0 fully saturated rings. The summed E-state index contributed by atoms with van der Waals surface area (Å²) in [7, 11) is 0. The van der Waals surface area contributed by atoms with Crippen molar-refractivity contribution in [3.8, 4) is 0 Å². The van der Waals surface area contributed by atoms with Gasteiger partial charge in [-0.05, 0) is 30.8 Å². The lowest BCUT2D eigenvalue weighted by atomic mass is 9.89. The molecule has 0 aromatic heterocycles. The molecule has 0 amide bonds. The van der Waals surface area contributed by atoms with E-state index in [-0.39, 0.29) is 0 Å². The highest BCUT2D eigenvalue weighted by Gasteiger charge is 2.20. The van der Waals surface area contributed by atoms with Crippen LogP contribution in [0.2, 0.25) is 0 Å². The minimum absolute atomic E-state index is 0.479. The lowest BCUT2D eigenvalue weighted by Gasteiger charge is -2.29. The summed E-state index contributed by atoms with van der Waals surface area (Å²) in [5.74, 6) is 0.702. The third kappa shape index (κ3) is 2.57. The largest absolute Gasteiger partial charge is 0.374 e. The fourth-order valence-corrected chi connectivity index (χ4v) is 1.99. The minimum atomic E-state index is 0.479. The Kier molecular flexibility index (Phi) is 3.98. The van der Waals surface area contributed by atoms with Crippen molar-refractivity contribution in [3.05, 3.63) is 11.1 Å². The van der Waals surface area contributed by atoms with Gasteiger partial charge in [-0.3, -0.25) is 0 Å². The Labute approximate surface area is 82.2 Å². The Bertz CT molecular complexity index is 191. The minimum Gasteiger partial charge on any atom is -0.374 e. The number of rotatable bonds is 3. The Morgan fingerprint density at radius 3 is 2.54 bits per heavy atom. The third-order valence-corrected chi connectivity index (χ3v) is 2.97. The molecule has 0 saturated heterocycles. The van der Waals surface area contributed by atoms with Crippen LogP contribution in [0.4, 0.5) is 0 Å². The molecule has 1 aliphatic rings. The molecule has 1 heterocycles. The quantitative estimate of drug-likeness (QED) is 0.606. The van der Waals surface area contributed by atoms with Crippen molar-refractivity contribution in [2.24, 2.45) is 5.92 Å². The molecule has 0 radical (unpaired) electrons. The van der Waals surface area contributed by atoms with E-state index in [1.54, 1.807) is 11.1 Å². The molecule has 0 aromatic carbocycles. The van der Waals surface area contributed by atoms with Crippen molar-refractivity contribution in [1.29, 1.82) is 0 Å². The Morgan fingerprint density at radius 1 is 1.38 bits per heavy atom. The van der Waals surface area contributed by atoms with E-state index < -0.39 is 0 Å². The molecule has 0 aromatic rings. The van der Waals surface area contributed by atoms with Crippen LogP contribution in [0.1, 0.15) is 47.0 Å². The Balaban J connectivity index is 2.74. The topological polar surface area (TPSA) is 9.23 Å². The van der Waals surface area contributed by atoms with Gasteiger partial charge in [0.1, 0.15) is 0 Å². The average molecular weight is 182 g/mol. The maximum Gasteiger partial charge on any atom is 0.0683 e. The van der Waals surface area contributed by atoms with Crippen molar-refractivity contribution >= 4 is 0 Å². The standard InChI is InChI=1S/C12H22O/c1-5-10-8-13-11(6-2)7-12(10)9(3)4/h9,11H,5-8H2,1-4H3. The van der Waals surface area contributed by atoms with Crippen LogP contribution in [-0.4, -0.2) is 12.7 Å². The van der Waals surface area contributed by atoms with E-state index in [9.17, 15) is 0 Å². The molecule has 0 spiro atoms. The first kappa shape index (κ1) is 10.8. The second-order valence-corrected chi connectivity index (χ2v) is 4.18. The first-order valence-electron chi connectivity index (χ1n) is 5.51. The van der Waals surface area contributed by atoms with Gasteiger partial charge >= 0.3 is 0 Å². The first-order chi connectivity index (χ1) is 6.19. The molecule has 1 unspecified atom stereocenters. The van der Waals surface area contributed by atoms with E-state index in [1.807, 2.05) is 0 Å². The van der Waals surface area contributed by atoms with Crippen LogP contribution < -0.4 is 0 Å². The highest BCUT2D eigenvalue weighted by Crippen LogP contribution is 2.29. The molecule has 0 aliphatic carbocycles. The highest BCUT2D eigenvalue weighted by molar-refractivity contribution is 5.19. The van der Waals surface area contributed by atoms with Gasteiger partial charge in [-0.25, -0.2) is 0 Å². The van der Waals surface area contributed by atoms with Crippen molar-refractivity contribution in [1.82, 2.24) is 0 Å². The van der Waals surface area contributed by atoms with Gasteiger partial charge < -0.3 is 4.74 Å². The van der Waals surface area contributed by atoms with Gasteiger partial charge in [-0.2, -0.15) is 0 Å². The van der Waals surface area contributed by atoms with Gasteiger partial charge in [-0.1, -0.05) is 33.3 Å². The lowest BCUT2D eigenvalue weighted by Crippen LogP contribution is -2.23. The number of hydrogen-bond donors (Lipinski definition) is 0. The van der Waals surface area contributed by atoms with E-state index in [0.717, 1.165) is 25.9 Å². The molecule has 0 bridgehead atoms. The average Bonchev–Trinajstić information content (AvgIpc) is 2.16. The molecule has 1 heteroatoms. The zero-order valence-corrected chi connectivity index (χ0v) is 9.39. The van der Waals surface area contributed by atoms with Gasteiger partial charge in [0.2, 0.25) is 0 Å². The highest BCUT2D eigenvalue weighted by atomic mass is 16.5. The van der Waals surface area contributed by atoms with Crippen LogP contribution in [0, 0.1) is 5.92 Å². The molecule has 1 rings (SSSR count). The van der Waals surface area contributed by atoms with Crippen LogP contribution in [0.15, 0.2) is 11.1 Å². The zero-order chi connectivity index (χ0) is 9.84. The summed E-state index contributed by atoms with van der Waals surface area (Å²) in [5.41, 5.74) is 3.19. The summed E-state index contributed by atoms with van der Waals surface area (Å²) in [6.07, 6.45) is 3.95. The second kappa shape index (κ2) is 4.80. The van der Waals surface area contributed by atoms with Gasteiger partial charge in [0.25, 0.3) is 0 Å². The fourth-order valence-electron chi connectivity index (χ4n) is 1.99. The molecule has 76 valence electrons. The predicted octanol–water partition coefficient (Wildman–Crippen LogP) is 3.55. The molecule has 0 saturated carbocycles. The summed E-state index contributed by atoms with van der Waals surface area (Å²) in [6, 6.07) is 0. The van der Waals surface area contributed by atoms with Gasteiger partial charge in [0.05, 0.1) is 12.7 Å². The molecular weight excluding hydrogens is 160 g/mol. The zero-order valence-electron chi connectivity index (χ0n) is 9.39.